The van der Waals surface area contributed by atoms with E-state index in [9.17, 15) is 13.2 Å². The van der Waals surface area contributed by atoms with E-state index in [4.69, 9.17) is 5.11 Å². The number of aliphatic hydroxyl groups is 1. The SMILES string of the molecule is C[C@@H](CCCO)Nc1nc(C(F)(F)F)nc2nc[nH]c12. The first-order chi connectivity index (χ1) is 9.41. The van der Waals surface area contributed by atoms with E-state index in [1.54, 1.807) is 6.92 Å². The molecule has 9 heteroatoms. The number of nitrogens with zero attached hydrogens (tertiary/aromatic N) is 3. The average Bonchev–Trinajstić information content (AvgIpc) is 2.83. The summed E-state index contributed by atoms with van der Waals surface area (Å²) in [6.07, 6.45) is -2.20. The number of rotatable bonds is 5. The molecule has 0 unspecified atom stereocenters. The Bertz CT molecular complexity index is 583. The summed E-state index contributed by atoms with van der Waals surface area (Å²) >= 11 is 0. The molecule has 0 spiro atoms. The number of anilines is 1. The van der Waals surface area contributed by atoms with Crippen molar-refractivity contribution in [3.05, 3.63) is 12.2 Å². The number of fused-ring (bicyclic) bond motifs is 1. The lowest BCUT2D eigenvalue weighted by Gasteiger charge is -2.15. The first-order valence-corrected chi connectivity index (χ1v) is 6.07. The van der Waals surface area contributed by atoms with Gasteiger partial charge in [0.25, 0.3) is 0 Å². The average molecular weight is 289 g/mol. The number of nitrogens with one attached hydrogen (secondary N) is 2. The second kappa shape index (κ2) is 5.61. The second-order valence-corrected chi connectivity index (χ2v) is 4.41. The van der Waals surface area contributed by atoms with Gasteiger partial charge >= 0.3 is 6.18 Å². The molecule has 110 valence electrons. The van der Waals surface area contributed by atoms with Crippen LogP contribution < -0.4 is 5.32 Å². The number of alkyl halides is 3. The molecule has 6 nitrogen and oxygen atoms in total. The summed E-state index contributed by atoms with van der Waals surface area (Å²) in [6.45, 7) is 1.83. The quantitative estimate of drug-likeness (QED) is 0.783. The van der Waals surface area contributed by atoms with Crippen LogP contribution in [0.1, 0.15) is 25.6 Å². The number of halogens is 3. The molecule has 2 heterocycles. The van der Waals surface area contributed by atoms with Crippen molar-refractivity contribution in [2.45, 2.75) is 32.0 Å². The predicted octanol–water partition coefficient (Wildman–Crippen LogP) is 1.94. The molecule has 0 saturated heterocycles. The lowest BCUT2D eigenvalue weighted by atomic mass is 10.2. The molecule has 0 amide bonds. The van der Waals surface area contributed by atoms with Crippen LogP contribution in [0.4, 0.5) is 19.0 Å². The Balaban J connectivity index is 2.33. The van der Waals surface area contributed by atoms with Gasteiger partial charge in [0.15, 0.2) is 11.5 Å². The van der Waals surface area contributed by atoms with Crippen LogP contribution in [0.15, 0.2) is 6.33 Å². The van der Waals surface area contributed by atoms with Crippen molar-refractivity contribution >= 4 is 17.0 Å². The zero-order valence-corrected chi connectivity index (χ0v) is 10.7. The first-order valence-electron chi connectivity index (χ1n) is 6.07. The number of aliphatic hydroxyl groups excluding tert-OH is 1. The molecule has 20 heavy (non-hydrogen) atoms. The minimum absolute atomic E-state index is 0.0308. The van der Waals surface area contributed by atoms with Crippen LogP contribution >= 0.6 is 0 Å². The maximum atomic E-state index is 12.7. The number of hydrogen-bond acceptors (Lipinski definition) is 5. The van der Waals surface area contributed by atoms with Crippen molar-refractivity contribution in [2.75, 3.05) is 11.9 Å². The van der Waals surface area contributed by atoms with E-state index in [1.807, 2.05) is 0 Å². The highest BCUT2D eigenvalue weighted by molar-refractivity contribution is 5.82. The van der Waals surface area contributed by atoms with E-state index in [2.05, 4.69) is 25.3 Å². The van der Waals surface area contributed by atoms with E-state index in [0.717, 1.165) is 0 Å². The van der Waals surface area contributed by atoms with Crippen LogP contribution in [-0.2, 0) is 6.18 Å². The molecule has 0 radical (unpaired) electrons. The minimum atomic E-state index is -4.63. The molecule has 0 fully saturated rings. The fourth-order valence-electron chi connectivity index (χ4n) is 1.77. The highest BCUT2D eigenvalue weighted by atomic mass is 19.4. The van der Waals surface area contributed by atoms with E-state index in [-0.39, 0.29) is 24.1 Å². The fourth-order valence-corrected chi connectivity index (χ4v) is 1.77. The van der Waals surface area contributed by atoms with Crippen molar-refractivity contribution in [3.63, 3.8) is 0 Å². The van der Waals surface area contributed by atoms with Gasteiger partial charge in [-0.3, -0.25) is 0 Å². The highest BCUT2D eigenvalue weighted by Crippen LogP contribution is 2.29. The van der Waals surface area contributed by atoms with Crippen molar-refractivity contribution in [1.82, 2.24) is 19.9 Å². The number of aromatic nitrogens is 4. The van der Waals surface area contributed by atoms with E-state index in [0.29, 0.717) is 18.4 Å². The van der Waals surface area contributed by atoms with Crippen LogP contribution in [0, 0.1) is 0 Å². The van der Waals surface area contributed by atoms with E-state index >= 15 is 0 Å². The summed E-state index contributed by atoms with van der Waals surface area (Å²) in [5.41, 5.74) is 0.290. The standard InChI is InChI=1S/C11H14F3N5O/c1-6(3-2-4-20)17-9-7-8(16-5-15-7)18-10(19-9)11(12,13)14/h5-6,20H,2-4H2,1H3,(H2,15,16,17,18,19)/t6-/m0/s1. The Morgan fingerprint density at radius 3 is 2.80 bits per heavy atom. The zero-order valence-electron chi connectivity index (χ0n) is 10.7. The molecular formula is C11H14F3N5O. The summed E-state index contributed by atoms with van der Waals surface area (Å²) in [4.78, 5) is 13.3. The van der Waals surface area contributed by atoms with Crippen LogP contribution in [0.2, 0.25) is 0 Å². The summed E-state index contributed by atoms with van der Waals surface area (Å²) in [6, 6.07) is -0.135. The fraction of sp³-hybridized carbons (Fsp3) is 0.545. The molecule has 2 rings (SSSR count). The van der Waals surface area contributed by atoms with Gasteiger partial charge in [-0.2, -0.15) is 13.2 Å². The maximum Gasteiger partial charge on any atom is 0.451 e. The third kappa shape index (κ3) is 3.16. The van der Waals surface area contributed by atoms with E-state index in [1.165, 1.54) is 6.33 Å². The number of aromatic amines is 1. The summed E-state index contributed by atoms with van der Waals surface area (Å²) in [5.74, 6) is -1.17. The molecule has 0 saturated carbocycles. The second-order valence-electron chi connectivity index (χ2n) is 4.41. The zero-order chi connectivity index (χ0) is 14.8. The van der Waals surface area contributed by atoms with Crippen LogP contribution in [0.5, 0.6) is 0 Å². The van der Waals surface area contributed by atoms with Gasteiger partial charge in [0, 0.05) is 12.6 Å². The lowest BCUT2D eigenvalue weighted by Crippen LogP contribution is -2.19. The van der Waals surface area contributed by atoms with Crippen LogP contribution in [-0.4, -0.2) is 37.7 Å². The molecule has 0 aliphatic carbocycles. The van der Waals surface area contributed by atoms with Gasteiger partial charge in [0.05, 0.1) is 6.33 Å². The van der Waals surface area contributed by atoms with Gasteiger partial charge in [-0.25, -0.2) is 15.0 Å². The topological polar surface area (TPSA) is 86.7 Å². The summed E-state index contributed by atoms with van der Waals surface area (Å²) in [7, 11) is 0. The van der Waals surface area contributed by atoms with Gasteiger partial charge in [-0.05, 0) is 19.8 Å². The van der Waals surface area contributed by atoms with Crippen molar-refractivity contribution in [2.24, 2.45) is 0 Å². The van der Waals surface area contributed by atoms with Gasteiger partial charge < -0.3 is 15.4 Å². The third-order valence-electron chi connectivity index (χ3n) is 2.72. The monoisotopic (exact) mass is 289 g/mol. The molecule has 1 atom stereocenters. The number of H-pyrrole nitrogens is 1. The van der Waals surface area contributed by atoms with Crippen molar-refractivity contribution in [1.29, 1.82) is 0 Å². The van der Waals surface area contributed by atoms with Gasteiger partial charge in [-0.15, -0.1) is 0 Å². The van der Waals surface area contributed by atoms with Gasteiger partial charge in [0.1, 0.15) is 5.52 Å². The number of imidazole rings is 1. The Hall–Kier alpha value is -1.90. The molecule has 0 aromatic carbocycles. The third-order valence-corrected chi connectivity index (χ3v) is 2.72. The molecule has 0 bridgehead atoms. The summed E-state index contributed by atoms with van der Waals surface area (Å²) in [5, 5.41) is 11.6. The van der Waals surface area contributed by atoms with Gasteiger partial charge in [0.2, 0.25) is 5.82 Å². The maximum absolute atomic E-state index is 12.7. The van der Waals surface area contributed by atoms with Crippen molar-refractivity contribution < 1.29 is 18.3 Å². The van der Waals surface area contributed by atoms with Crippen molar-refractivity contribution in [3.8, 4) is 0 Å². The Morgan fingerprint density at radius 2 is 2.15 bits per heavy atom. The predicted molar refractivity (Wildman–Crippen MR) is 66.1 cm³/mol. The molecule has 2 aromatic rings. The Labute approximate surface area is 112 Å². The normalized spacial score (nSPS) is 13.7. The highest BCUT2D eigenvalue weighted by Gasteiger charge is 2.36. The first kappa shape index (κ1) is 14.5. The van der Waals surface area contributed by atoms with Crippen LogP contribution in [0.25, 0.3) is 11.2 Å². The van der Waals surface area contributed by atoms with E-state index < -0.39 is 12.0 Å². The molecule has 3 N–H and O–H groups in total. The molecule has 0 aliphatic rings. The molecule has 0 aliphatic heterocycles. The van der Waals surface area contributed by atoms with Crippen LogP contribution in [0.3, 0.4) is 0 Å². The number of hydrogen-bond donors (Lipinski definition) is 3. The lowest BCUT2D eigenvalue weighted by molar-refractivity contribution is -0.144. The Kier molecular flexibility index (Phi) is 4.07. The largest absolute Gasteiger partial charge is 0.451 e. The molecular weight excluding hydrogens is 275 g/mol. The minimum Gasteiger partial charge on any atom is -0.396 e. The summed E-state index contributed by atoms with van der Waals surface area (Å²) < 4.78 is 38.2. The molecule has 2 aromatic heterocycles. The Morgan fingerprint density at radius 1 is 1.40 bits per heavy atom. The van der Waals surface area contributed by atoms with Gasteiger partial charge in [-0.1, -0.05) is 0 Å². The smallest absolute Gasteiger partial charge is 0.396 e.